The van der Waals surface area contributed by atoms with Crippen LogP contribution in [0.3, 0.4) is 0 Å². The van der Waals surface area contributed by atoms with Crippen molar-refractivity contribution in [2.24, 2.45) is 0 Å². The fourth-order valence-corrected chi connectivity index (χ4v) is 3.00. The summed E-state index contributed by atoms with van der Waals surface area (Å²) in [6, 6.07) is 18.7. The molecule has 1 aromatic heterocycles. The molecule has 2 aromatic carbocycles. The molecule has 1 unspecified atom stereocenters. The van der Waals surface area contributed by atoms with E-state index in [1.54, 1.807) is 0 Å². The number of fused-ring (bicyclic) bond motifs is 1. The molecule has 0 saturated carbocycles. The molecule has 2 nitrogen and oxygen atoms in total. The third-order valence-corrected chi connectivity index (χ3v) is 4.22. The molecule has 1 N–H and O–H groups in total. The van der Waals surface area contributed by atoms with Crippen LogP contribution in [0.5, 0.6) is 0 Å². The summed E-state index contributed by atoms with van der Waals surface area (Å²) < 4.78 is 7.20. The molecule has 1 atom stereocenters. The van der Waals surface area contributed by atoms with Crippen molar-refractivity contribution in [2.75, 3.05) is 7.05 Å². The second-order valence-electron chi connectivity index (χ2n) is 4.43. The molecule has 0 fully saturated rings. The summed E-state index contributed by atoms with van der Waals surface area (Å²) in [5.41, 5.74) is 2.17. The van der Waals surface area contributed by atoms with Crippen molar-refractivity contribution in [1.82, 2.24) is 5.32 Å². The van der Waals surface area contributed by atoms with Gasteiger partial charge in [-0.15, -0.1) is 0 Å². The lowest BCUT2D eigenvalue weighted by atomic mass is 10.0. The predicted molar refractivity (Wildman–Crippen MR) is 86.3 cm³/mol. The monoisotopic (exact) mass is 363 g/mol. The minimum atomic E-state index is 0.0838. The van der Waals surface area contributed by atoms with Gasteiger partial charge in [-0.3, -0.25) is 0 Å². The van der Waals surface area contributed by atoms with E-state index in [4.69, 9.17) is 4.42 Å². The van der Waals surface area contributed by atoms with Crippen molar-refractivity contribution < 1.29 is 4.42 Å². The van der Waals surface area contributed by atoms with E-state index in [9.17, 15) is 0 Å². The van der Waals surface area contributed by atoms with Gasteiger partial charge in [0.1, 0.15) is 11.3 Å². The van der Waals surface area contributed by atoms with Gasteiger partial charge in [-0.25, -0.2) is 0 Å². The third kappa shape index (κ3) is 2.40. The SMILES string of the molecule is CNC(c1cc2ccccc2o1)c1ccccc1I. The van der Waals surface area contributed by atoms with Crippen molar-refractivity contribution in [3.63, 3.8) is 0 Å². The van der Waals surface area contributed by atoms with Crippen LogP contribution in [0.2, 0.25) is 0 Å². The molecule has 0 saturated heterocycles. The van der Waals surface area contributed by atoms with E-state index in [1.165, 1.54) is 9.13 Å². The number of furan rings is 1. The van der Waals surface area contributed by atoms with Crippen molar-refractivity contribution in [3.05, 3.63) is 69.5 Å². The molecule has 96 valence electrons. The van der Waals surface area contributed by atoms with Crippen molar-refractivity contribution >= 4 is 33.6 Å². The number of nitrogens with one attached hydrogen (secondary N) is 1. The van der Waals surface area contributed by atoms with Crippen LogP contribution in [0.15, 0.2) is 59.0 Å². The maximum atomic E-state index is 5.96. The van der Waals surface area contributed by atoms with Crippen LogP contribution in [-0.2, 0) is 0 Å². The van der Waals surface area contributed by atoms with Crippen LogP contribution in [0, 0.1) is 3.57 Å². The highest BCUT2D eigenvalue weighted by molar-refractivity contribution is 14.1. The first-order valence-electron chi connectivity index (χ1n) is 6.20. The van der Waals surface area contributed by atoms with Gasteiger partial charge < -0.3 is 9.73 Å². The molecule has 3 rings (SSSR count). The average Bonchev–Trinajstić information content (AvgIpc) is 2.85. The predicted octanol–water partition coefficient (Wildman–Crippen LogP) is 4.35. The van der Waals surface area contributed by atoms with Gasteiger partial charge in [0, 0.05) is 8.96 Å². The molecular formula is C16H14INO. The second kappa shape index (κ2) is 5.35. The lowest BCUT2D eigenvalue weighted by Gasteiger charge is -2.15. The van der Waals surface area contributed by atoms with Crippen LogP contribution in [0.1, 0.15) is 17.4 Å². The lowest BCUT2D eigenvalue weighted by molar-refractivity contribution is 0.491. The van der Waals surface area contributed by atoms with Crippen molar-refractivity contribution in [3.8, 4) is 0 Å². The number of rotatable bonds is 3. The Hall–Kier alpha value is -1.33. The molecule has 0 bridgehead atoms. The standard InChI is InChI=1S/C16H14INO/c1-18-16(12-7-3-4-8-13(12)17)15-10-11-6-2-5-9-14(11)19-15/h2-10,16,18H,1H3. The van der Waals surface area contributed by atoms with Crippen LogP contribution in [-0.4, -0.2) is 7.05 Å². The molecule has 19 heavy (non-hydrogen) atoms. The quantitative estimate of drug-likeness (QED) is 0.700. The van der Waals surface area contributed by atoms with Gasteiger partial charge in [0.25, 0.3) is 0 Å². The normalized spacial score (nSPS) is 12.7. The fraction of sp³-hybridized carbons (Fsp3) is 0.125. The number of benzene rings is 2. The van der Waals surface area contributed by atoms with E-state index in [1.807, 2.05) is 25.2 Å². The summed E-state index contributed by atoms with van der Waals surface area (Å²) in [7, 11) is 1.96. The van der Waals surface area contributed by atoms with Gasteiger partial charge in [-0.1, -0.05) is 36.4 Å². The van der Waals surface area contributed by atoms with Gasteiger partial charge in [0.2, 0.25) is 0 Å². The highest BCUT2D eigenvalue weighted by atomic mass is 127. The molecule has 0 radical (unpaired) electrons. The van der Waals surface area contributed by atoms with Crippen LogP contribution < -0.4 is 5.32 Å². The number of hydrogen-bond acceptors (Lipinski definition) is 2. The molecular weight excluding hydrogens is 349 g/mol. The van der Waals surface area contributed by atoms with E-state index in [-0.39, 0.29) is 6.04 Å². The molecule has 0 aliphatic rings. The molecule has 0 aliphatic heterocycles. The second-order valence-corrected chi connectivity index (χ2v) is 5.59. The zero-order valence-corrected chi connectivity index (χ0v) is 12.7. The Labute approximate surface area is 126 Å². The minimum absolute atomic E-state index is 0.0838. The van der Waals surface area contributed by atoms with Gasteiger partial charge in [-0.05, 0) is 53.4 Å². The molecule has 3 aromatic rings. The molecule has 3 heteroatoms. The van der Waals surface area contributed by atoms with Gasteiger partial charge >= 0.3 is 0 Å². The zero-order chi connectivity index (χ0) is 13.2. The number of para-hydroxylation sites is 1. The maximum absolute atomic E-state index is 5.96. The highest BCUT2D eigenvalue weighted by Crippen LogP contribution is 2.30. The Bertz CT molecular complexity index is 672. The van der Waals surface area contributed by atoms with Crippen molar-refractivity contribution in [2.45, 2.75) is 6.04 Å². The first-order valence-corrected chi connectivity index (χ1v) is 7.27. The fourth-order valence-electron chi connectivity index (χ4n) is 2.30. The minimum Gasteiger partial charge on any atom is -0.459 e. The average molecular weight is 363 g/mol. The largest absolute Gasteiger partial charge is 0.459 e. The molecule has 0 spiro atoms. The van der Waals surface area contributed by atoms with Crippen molar-refractivity contribution in [1.29, 1.82) is 0 Å². The number of halogens is 1. The Kier molecular flexibility index (Phi) is 3.57. The number of hydrogen-bond donors (Lipinski definition) is 1. The highest BCUT2D eigenvalue weighted by Gasteiger charge is 2.18. The molecule has 0 amide bonds. The van der Waals surface area contributed by atoms with E-state index in [0.717, 1.165) is 16.7 Å². The topological polar surface area (TPSA) is 25.2 Å². The summed E-state index contributed by atoms with van der Waals surface area (Å²) in [5.74, 6) is 0.952. The molecule has 1 heterocycles. The smallest absolute Gasteiger partial charge is 0.134 e. The summed E-state index contributed by atoms with van der Waals surface area (Å²) >= 11 is 2.36. The zero-order valence-electron chi connectivity index (χ0n) is 10.6. The van der Waals surface area contributed by atoms with Gasteiger partial charge in [-0.2, -0.15) is 0 Å². The Morgan fingerprint density at radius 2 is 1.79 bits per heavy atom. The maximum Gasteiger partial charge on any atom is 0.134 e. The van der Waals surface area contributed by atoms with Crippen LogP contribution in [0.25, 0.3) is 11.0 Å². The first kappa shape index (κ1) is 12.7. The Balaban J connectivity index is 2.09. The summed E-state index contributed by atoms with van der Waals surface area (Å²) in [4.78, 5) is 0. The Morgan fingerprint density at radius 3 is 2.53 bits per heavy atom. The lowest BCUT2D eigenvalue weighted by Crippen LogP contribution is -2.18. The van der Waals surface area contributed by atoms with Crippen LogP contribution in [0.4, 0.5) is 0 Å². The summed E-state index contributed by atoms with van der Waals surface area (Å²) in [5, 5.41) is 4.48. The van der Waals surface area contributed by atoms with Gasteiger partial charge in [0.15, 0.2) is 0 Å². The van der Waals surface area contributed by atoms with Crippen LogP contribution >= 0.6 is 22.6 Å². The van der Waals surface area contributed by atoms with E-state index in [0.29, 0.717) is 0 Å². The summed E-state index contributed by atoms with van der Waals surface area (Å²) in [6.45, 7) is 0. The van der Waals surface area contributed by atoms with E-state index in [2.05, 4.69) is 64.3 Å². The van der Waals surface area contributed by atoms with E-state index < -0.39 is 0 Å². The Morgan fingerprint density at radius 1 is 1.05 bits per heavy atom. The summed E-state index contributed by atoms with van der Waals surface area (Å²) in [6.07, 6.45) is 0. The first-order chi connectivity index (χ1) is 9.29. The van der Waals surface area contributed by atoms with E-state index >= 15 is 0 Å². The molecule has 0 aliphatic carbocycles. The van der Waals surface area contributed by atoms with Gasteiger partial charge in [0.05, 0.1) is 6.04 Å². The third-order valence-electron chi connectivity index (χ3n) is 3.23.